The minimum Gasteiger partial charge on any atom is -0.481 e. The van der Waals surface area contributed by atoms with Crippen LogP contribution in [0.4, 0.5) is 0 Å². The van der Waals surface area contributed by atoms with E-state index in [4.69, 9.17) is 5.11 Å². The van der Waals surface area contributed by atoms with E-state index in [1.807, 2.05) is 19.1 Å². The number of carboxylic acids is 1. The van der Waals surface area contributed by atoms with Crippen LogP contribution in [0.5, 0.6) is 0 Å². The first kappa shape index (κ1) is 12.6. The summed E-state index contributed by atoms with van der Waals surface area (Å²) in [6.07, 6.45) is 4.37. The molecule has 0 saturated heterocycles. The number of nitrogens with zero attached hydrogens (tertiary/aromatic N) is 1. The number of carboxylic acid groups (broad SMARTS) is 1. The molecule has 1 rings (SSSR count). The van der Waals surface area contributed by atoms with Gasteiger partial charge in [0.05, 0.1) is 0 Å². The molecule has 0 aliphatic rings. The number of nitrogens with one attached hydrogen (secondary N) is 1. The van der Waals surface area contributed by atoms with Gasteiger partial charge in [-0.05, 0) is 38.0 Å². The van der Waals surface area contributed by atoms with Crippen molar-refractivity contribution in [3.8, 4) is 0 Å². The fourth-order valence-corrected chi connectivity index (χ4v) is 1.60. The fraction of sp³-hybridized carbons (Fsp3) is 0.500. The van der Waals surface area contributed by atoms with Crippen molar-refractivity contribution in [2.24, 2.45) is 0 Å². The molecule has 1 heterocycles. The molecule has 0 spiro atoms. The molecule has 88 valence electrons. The van der Waals surface area contributed by atoms with Gasteiger partial charge in [0, 0.05) is 30.9 Å². The second-order valence-corrected chi connectivity index (χ2v) is 4.00. The molecule has 4 heteroatoms. The first-order chi connectivity index (χ1) is 7.59. The van der Waals surface area contributed by atoms with Crippen LogP contribution in [0.25, 0.3) is 0 Å². The highest BCUT2D eigenvalue weighted by molar-refractivity contribution is 5.66. The van der Waals surface area contributed by atoms with E-state index in [0.29, 0.717) is 6.42 Å². The topological polar surface area (TPSA) is 62.2 Å². The predicted octanol–water partition coefficient (Wildman–Crippen LogP) is 1.99. The highest BCUT2D eigenvalue weighted by Crippen LogP contribution is 2.12. The Kier molecular flexibility index (Phi) is 4.92. The Hall–Kier alpha value is -1.42. The molecular formula is C12H18N2O2. The van der Waals surface area contributed by atoms with Crippen molar-refractivity contribution in [1.29, 1.82) is 0 Å². The smallest absolute Gasteiger partial charge is 0.303 e. The molecule has 0 radical (unpaired) electrons. The lowest BCUT2D eigenvalue weighted by Crippen LogP contribution is -2.29. The summed E-state index contributed by atoms with van der Waals surface area (Å²) in [4.78, 5) is 14.4. The number of hydrogen-bond donors (Lipinski definition) is 2. The Bertz CT molecular complexity index is 327. The zero-order valence-corrected chi connectivity index (χ0v) is 9.68. The third-order valence-electron chi connectivity index (χ3n) is 2.53. The highest BCUT2D eigenvalue weighted by atomic mass is 16.4. The van der Waals surface area contributed by atoms with E-state index in [9.17, 15) is 4.79 Å². The van der Waals surface area contributed by atoms with Crippen molar-refractivity contribution in [1.82, 2.24) is 10.3 Å². The quantitative estimate of drug-likeness (QED) is 0.772. The molecule has 0 aromatic carbocycles. The summed E-state index contributed by atoms with van der Waals surface area (Å²) in [7, 11) is 0. The Morgan fingerprint density at radius 1 is 1.44 bits per heavy atom. The molecule has 16 heavy (non-hydrogen) atoms. The number of aliphatic carboxylic acids is 1. The van der Waals surface area contributed by atoms with E-state index in [-0.39, 0.29) is 18.5 Å². The maximum absolute atomic E-state index is 10.4. The van der Waals surface area contributed by atoms with E-state index in [1.165, 1.54) is 0 Å². The summed E-state index contributed by atoms with van der Waals surface area (Å²) in [5.74, 6) is -0.745. The van der Waals surface area contributed by atoms with Crippen LogP contribution in [0.3, 0.4) is 0 Å². The lowest BCUT2D eigenvalue weighted by molar-refractivity contribution is -0.137. The molecule has 0 amide bonds. The summed E-state index contributed by atoms with van der Waals surface area (Å²) in [6.45, 7) is 4.06. The first-order valence-electron chi connectivity index (χ1n) is 5.47. The average molecular weight is 222 g/mol. The molecule has 4 nitrogen and oxygen atoms in total. The SMILES string of the molecule is CC(CCC(=O)O)N[C@H](C)c1ccncc1. The van der Waals surface area contributed by atoms with E-state index in [1.54, 1.807) is 12.4 Å². The molecule has 1 aromatic heterocycles. The van der Waals surface area contributed by atoms with Gasteiger partial charge in [0.2, 0.25) is 0 Å². The van der Waals surface area contributed by atoms with Crippen LogP contribution in [0.1, 0.15) is 38.3 Å². The van der Waals surface area contributed by atoms with Crippen molar-refractivity contribution < 1.29 is 9.90 Å². The van der Waals surface area contributed by atoms with Gasteiger partial charge in [0.25, 0.3) is 0 Å². The van der Waals surface area contributed by atoms with Gasteiger partial charge in [-0.2, -0.15) is 0 Å². The van der Waals surface area contributed by atoms with E-state index >= 15 is 0 Å². The monoisotopic (exact) mass is 222 g/mol. The summed E-state index contributed by atoms with van der Waals surface area (Å²) in [5.41, 5.74) is 1.16. The van der Waals surface area contributed by atoms with Gasteiger partial charge in [0.1, 0.15) is 0 Å². The van der Waals surface area contributed by atoms with Gasteiger partial charge in [0.15, 0.2) is 0 Å². The van der Waals surface area contributed by atoms with Crippen LogP contribution in [0, 0.1) is 0 Å². The first-order valence-corrected chi connectivity index (χ1v) is 5.47. The van der Waals surface area contributed by atoms with Crippen LogP contribution in [-0.4, -0.2) is 22.1 Å². The number of aromatic nitrogens is 1. The Morgan fingerprint density at radius 2 is 2.06 bits per heavy atom. The number of hydrogen-bond acceptors (Lipinski definition) is 3. The summed E-state index contributed by atoms with van der Waals surface area (Å²) in [5, 5.41) is 11.9. The zero-order valence-electron chi connectivity index (χ0n) is 9.68. The molecule has 0 saturated carbocycles. The maximum atomic E-state index is 10.4. The Morgan fingerprint density at radius 3 is 2.62 bits per heavy atom. The minimum atomic E-state index is -0.745. The van der Waals surface area contributed by atoms with E-state index < -0.39 is 5.97 Å². The van der Waals surface area contributed by atoms with Crippen LogP contribution in [-0.2, 0) is 4.79 Å². The summed E-state index contributed by atoms with van der Waals surface area (Å²) < 4.78 is 0. The summed E-state index contributed by atoms with van der Waals surface area (Å²) in [6, 6.07) is 4.33. The molecule has 0 fully saturated rings. The number of carbonyl (C=O) groups is 1. The predicted molar refractivity (Wildman–Crippen MR) is 62.1 cm³/mol. The molecule has 0 aliphatic heterocycles. The molecular weight excluding hydrogens is 204 g/mol. The Labute approximate surface area is 95.7 Å². The maximum Gasteiger partial charge on any atom is 0.303 e. The Balaban J connectivity index is 2.39. The third kappa shape index (κ3) is 4.40. The molecule has 0 aliphatic carbocycles. The van der Waals surface area contributed by atoms with Crippen LogP contribution in [0.15, 0.2) is 24.5 Å². The molecule has 1 aromatic rings. The van der Waals surface area contributed by atoms with Gasteiger partial charge < -0.3 is 10.4 Å². The number of pyridine rings is 1. The average Bonchev–Trinajstić information content (AvgIpc) is 2.27. The standard InChI is InChI=1S/C12H18N2O2/c1-9(3-4-12(15)16)14-10(2)11-5-7-13-8-6-11/h5-10,14H,3-4H2,1-2H3,(H,15,16)/t9?,10-/m1/s1. The third-order valence-corrected chi connectivity index (χ3v) is 2.53. The van der Waals surface area contributed by atoms with Crippen molar-refractivity contribution in [2.45, 2.75) is 38.8 Å². The molecule has 0 bridgehead atoms. The van der Waals surface area contributed by atoms with Crippen molar-refractivity contribution in [3.05, 3.63) is 30.1 Å². The highest BCUT2D eigenvalue weighted by Gasteiger charge is 2.10. The van der Waals surface area contributed by atoms with Crippen molar-refractivity contribution in [2.75, 3.05) is 0 Å². The second-order valence-electron chi connectivity index (χ2n) is 4.00. The molecule has 2 atom stereocenters. The van der Waals surface area contributed by atoms with E-state index in [0.717, 1.165) is 5.56 Å². The van der Waals surface area contributed by atoms with Crippen LogP contribution < -0.4 is 5.32 Å². The van der Waals surface area contributed by atoms with Crippen LogP contribution >= 0.6 is 0 Å². The minimum absolute atomic E-state index is 0.194. The van der Waals surface area contributed by atoms with Gasteiger partial charge in [-0.3, -0.25) is 9.78 Å². The lowest BCUT2D eigenvalue weighted by Gasteiger charge is -2.19. The van der Waals surface area contributed by atoms with Gasteiger partial charge in [-0.1, -0.05) is 0 Å². The largest absolute Gasteiger partial charge is 0.481 e. The van der Waals surface area contributed by atoms with Crippen molar-refractivity contribution in [3.63, 3.8) is 0 Å². The normalized spacial score (nSPS) is 14.4. The fourth-order valence-electron chi connectivity index (χ4n) is 1.60. The summed E-state index contributed by atoms with van der Waals surface area (Å²) >= 11 is 0. The van der Waals surface area contributed by atoms with Crippen molar-refractivity contribution >= 4 is 5.97 Å². The van der Waals surface area contributed by atoms with Gasteiger partial charge >= 0.3 is 5.97 Å². The molecule has 1 unspecified atom stereocenters. The second kappa shape index (κ2) is 6.23. The van der Waals surface area contributed by atoms with Gasteiger partial charge in [-0.15, -0.1) is 0 Å². The number of rotatable bonds is 6. The van der Waals surface area contributed by atoms with Crippen LogP contribution in [0.2, 0.25) is 0 Å². The lowest BCUT2D eigenvalue weighted by atomic mass is 10.1. The zero-order chi connectivity index (χ0) is 12.0. The molecule has 2 N–H and O–H groups in total. The van der Waals surface area contributed by atoms with Gasteiger partial charge in [-0.25, -0.2) is 0 Å². The van der Waals surface area contributed by atoms with E-state index in [2.05, 4.69) is 17.2 Å².